The van der Waals surface area contributed by atoms with E-state index in [2.05, 4.69) is 97.5 Å². The fourth-order valence-corrected chi connectivity index (χ4v) is 6.77. The molecule has 3 aromatic rings. The molecule has 5 rings (SSSR count). The number of pyridine rings is 1. The molecule has 1 N–H and O–H groups in total. The number of aryl methyl sites for hydroxylation is 1. The van der Waals surface area contributed by atoms with E-state index in [-0.39, 0.29) is 19.3 Å². The van der Waals surface area contributed by atoms with Crippen LogP contribution in [0.15, 0.2) is 70.7 Å². The number of benzene rings is 2. The van der Waals surface area contributed by atoms with Crippen LogP contribution in [0.4, 0.5) is 5.69 Å². The van der Waals surface area contributed by atoms with Gasteiger partial charge in [-0.1, -0.05) is 42.4 Å². The van der Waals surface area contributed by atoms with E-state index in [0.29, 0.717) is 17.5 Å². The maximum absolute atomic E-state index is 12.1. The summed E-state index contributed by atoms with van der Waals surface area (Å²) in [5.74, 6) is -1.39. The highest BCUT2D eigenvalue weighted by Gasteiger charge is 2.32. The van der Waals surface area contributed by atoms with Gasteiger partial charge in [0.15, 0.2) is 12.7 Å². The highest BCUT2D eigenvalue weighted by molar-refractivity contribution is 8.03. The zero-order chi connectivity index (χ0) is 29.6. The molecule has 2 aliphatic rings. The van der Waals surface area contributed by atoms with E-state index >= 15 is 0 Å². The molecule has 2 amide bonds. The molecule has 8 nitrogen and oxygen atoms in total. The molecule has 0 aliphatic carbocycles. The number of hydrogen-bond donors (Lipinski definition) is 1. The minimum atomic E-state index is -0.515. The quantitative estimate of drug-likeness (QED) is 0.195. The molecule has 0 bridgehead atoms. The van der Waals surface area contributed by atoms with Crippen molar-refractivity contribution in [3.63, 3.8) is 0 Å². The number of carbonyl (C=O) groups is 3. The number of fused-ring (bicyclic) bond motifs is 2. The van der Waals surface area contributed by atoms with Crippen LogP contribution < -0.4 is 14.4 Å². The van der Waals surface area contributed by atoms with Gasteiger partial charge >= 0.3 is 5.97 Å². The Morgan fingerprint density at radius 1 is 1.00 bits per heavy atom. The number of anilines is 1. The van der Waals surface area contributed by atoms with Crippen molar-refractivity contribution in [3.05, 3.63) is 71.4 Å². The lowest BCUT2D eigenvalue weighted by Gasteiger charge is -2.20. The van der Waals surface area contributed by atoms with Crippen molar-refractivity contribution in [1.82, 2.24) is 5.06 Å². The van der Waals surface area contributed by atoms with Gasteiger partial charge in [0, 0.05) is 43.3 Å². The van der Waals surface area contributed by atoms with Gasteiger partial charge in [0.2, 0.25) is 5.52 Å². The fraction of sp³-hybridized carbons (Fsp3) is 0.394. The van der Waals surface area contributed by atoms with Crippen LogP contribution in [0.1, 0.15) is 56.9 Å². The van der Waals surface area contributed by atoms with Crippen LogP contribution in [0.5, 0.6) is 0 Å². The van der Waals surface area contributed by atoms with E-state index < -0.39 is 17.8 Å². The molecule has 1 atom stereocenters. The molecule has 0 spiro atoms. The molecular formula is C33H40N4O4S+2. The van der Waals surface area contributed by atoms with Gasteiger partial charge in [-0.15, -0.1) is 5.06 Å². The molecule has 2 aliphatic heterocycles. The zero-order valence-electron chi connectivity index (χ0n) is 24.7. The van der Waals surface area contributed by atoms with Gasteiger partial charge in [0.05, 0.1) is 42.7 Å². The van der Waals surface area contributed by atoms with Crippen molar-refractivity contribution in [1.29, 1.82) is 0 Å². The zero-order valence-corrected chi connectivity index (χ0v) is 25.5. The largest absolute Gasteiger partial charge is 0.338 e. The number of hydrogen-bond acceptors (Lipinski definition) is 6. The van der Waals surface area contributed by atoms with Crippen molar-refractivity contribution in [2.75, 3.05) is 26.0 Å². The van der Waals surface area contributed by atoms with Crippen LogP contribution in [0, 0.1) is 0 Å². The first-order valence-electron chi connectivity index (χ1n) is 14.8. The summed E-state index contributed by atoms with van der Waals surface area (Å²) in [5.41, 5.74) is 3.70. The highest BCUT2D eigenvalue weighted by atomic mass is 32.2. The molecule has 9 heteroatoms. The monoisotopic (exact) mass is 588 g/mol. The summed E-state index contributed by atoms with van der Waals surface area (Å²) in [5, 5.41) is 3.10. The highest BCUT2D eigenvalue weighted by Crippen LogP contribution is 2.45. The second-order valence-corrected chi connectivity index (χ2v) is 12.4. The van der Waals surface area contributed by atoms with E-state index in [9.17, 15) is 14.4 Å². The lowest BCUT2D eigenvalue weighted by Crippen LogP contribution is -3.10. The minimum Gasteiger partial charge on any atom is -0.338 e. The molecule has 0 saturated carbocycles. The maximum atomic E-state index is 12.1. The molecule has 0 radical (unpaired) electrons. The SMILES string of the molecule is CN1/C(=C/c2cc[n+](CCC(CCCCCC(=O)ON3C(=O)CCC3=O)[NH+](C)C)c3ccccc23)Sc2ccccc21. The van der Waals surface area contributed by atoms with E-state index in [1.807, 2.05) is 11.8 Å². The molecule has 42 heavy (non-hydrogen) atoms. The lowest BCUT2D eigenvalue weighted by atomic mass is 10.0. The number of thioether (sulfide) groups is 1. The number of nitrogens with one attached hydrogen (secondary N) is 1. The Morgan fingerprint density at radius 2 is 1.74 bits per heavy atom. The second kappa shape index (κ2) is 13.5. The van der Waals surface area contributed by atoms with Crippen molar-refractivity contribution in [3.8, 4) is 0 Å². The maximum Gasteiger partial charge on any atom is 0.333 e. The molecule has 3 heterocycles. The number of imide groups is 1. The first-order valence-corrected chi connectivity index (χ1v) is 15.6. The van der Waals surface area contributed by atoms with Crippen LogP contribution >= 0.6 is 11.8 Å². The molecule has 2 aromatic carbocycles. The van der Waals surface area contributed by atoms with Gasteiger partial charge in [0.1, 0.15) is 0 Å². The number of amides is 2. The predicted molar refractivity (Wildman–Crippen MR) is 164 cm³/mol. The molecule has 1 fully saturated rings. The summed E-state index contributed by atoms with van der Waals surface area (Å²) in [6, 6.07) is 19.9. The number of carbonyl (C=O) groups excluding carboxylic acids is 3. The number of rotatable bonds is 12. The van der Waals surface area contributed by atoms with Crippen LogP contribution in [0.2, 0.25) is 0 Å². The normalized spacial score (nSPS) is 16.6. The van der Waals surface area contributed by atoms with Crippen molar-refractivity contribution >= 4 is 52.2 Å². The Balaban J connectivity index is 1.15. The first-order chi connectivity index (χ1) is 20.3. The minimum absolute atomic E-state index is 0.114. The summed E-state index contributed by atoms with van der Waals surface area (Å²) in [6.07, 6.45) is 9.64. The van der Waals surface area contributed by atoms with E-state index in [1.165, 1.54) is 37.0 Å². The van der Waals surface area contributed by atoms with Gasteiger partial charge in [-0.3, -0.25) is 9.59 Å². The fourth-order valence-electron chi connectivity index (χ4n) is 5.67. The Bertz CT molecular complexity index is 1490. The van der Waals surface area contributed by atoms with Crippen molar-refractivity contribution in [2.45, 2.75) is 68.8 Å². The molecule has 1 saturated heterocycles. The second-order valence-electron chi connectivity index (χ2n) is 11.3. The van der Waals surface area contributed by atoms with Gasteiger partial charge in [0.25, 0.3) is 11.8 Å². The van der Waals surface area contributed by atoms with Gasteiger partial charge < -0.3 is 14.6 Å². The molecular weight excluding hydrogens is 548 g/mol. The third-order valence-corrected chi connectivity index (χ3v) is 9.34. The standard InChI is InChI=1S/C33H39N4O4S/c1-34(2)25(11-5-4-6-16-33(40)41-37-30(38)17-18-31(37)39)20-22-36-21-19-24(26-12-7-8-13-27(26)36)23-32-35(3)28-14-9-10-15-29(28)42-32/h7-10,12-15,19,21,23,25H,4-6,11,16-18,20,22H2,1-3H3/q+1/p+1. The number of nitrogens with zero attached hydrogens (tertiary/aromatic N) is 3. The van der Waals surface area contributed by atoms with E-state index in [1.54, 1.807) is 0 Å². The average Bonchev–Trinajstić information content (AvgIpc) is 3.48. The van der Waals surface area contributed by atoms with E-state index in [4.69, 9.17) is 4.84 Å². The topological polar surface area (TPSA) is 75.2 Å². The smallest absolute Gasteiger partial charge is 0.333 e. The van der Waals surface area contributed by atoms with Crippen LogP contribution in [-0.4, -0.2) is 50.0 Å². The van der Waals surface area contributed by atoms with Crippen LogP contribution in [-0.2, 0) is 25.8 Å². The van der Waals surface area contributed by atoms with Gasteiger partial charge in [-0.25, -0.2) is 4.79 Å². The van der Waals surface area contributed by atoms with Gasteiger partial charge in [-0.05, 0) is 49.1 Å². The Kier molecular flexibility index (Phi) is 9.59. The molecule has 1 unspecified atom stereocenters. The summed E-state index contributed by atoms with van der Waals surface area (Å²) in [6.45, 7) is 0.928. The summed E-state index contributed by atoms with van der Waals surface area (Å²) in [4.78, 5) is 45.3. The van der Waals surface area contributed by atoms with Crippen molar-refractivity contribution in [2.24, 2.45) is 0 Å². The number of para-hydroxylation sites is 2. The van der Waals surface area contributed by atoms with E-state index in [0.717, 1.165) is 32.2 Å². The van der Waals surface area contributed by atoms with Gasteiger partial charge in [-0.2, -0.15) is 4.57 Å². The Hall–Kier alpha value is -3.69. The predicted octanol–water partition coefficient (Wildman–Crippen LogP) is 4.13. The van der Waals surface area contributed by atoms with Crippen LogP contribution in [0.3, 0.4) is 0 Å². The average molecular weight is 589 g/mol. The number of aromatic nitrogens is 1. The third-order valence-electron chi connectivity index (χ3n) is 8.18. The summed E-state index contributed by atoms with van der Waals surface area (Å²) in [7, 11) is 6.54. The number of quaternary nitrogens is 1. The number of hydroxylamine groups is 2. The molecule has 1 aromatic heterocycles. The molecule has 220 valence electrons. The Labute approximate surface area is 251 Å². The Morgan fingerprint density at radius 3 is 2.50 bits per heavy atom. The van der Waals surface area contributed by atoms with Crippen LogP contribution in [0.25, 0.3) is 17.0 Å². The van der Waals surface area contributed by atoms with Crippen molar-refractivity contribution < 1.29 is 28.7 Å². The third kappa shape index (κ3) is 6.85. The lowest BCUT2D eigenvalue weighted by molar-refractivity contribution is -0.889. The summed E-state index contributed by atoms with van der Waals surface area (Å²) < 4.78 is 2.37. The summed E-state index contributed by atoms with van der Waals surface area (Å²) >= 11 is 1.81. The number of unbranched alkanes of at least 4 members (excludes halogenated alkanes) is 2. The first kappa shape index (κ1) is 29.8.